The van der Waals surface area contributed by atoms with Gasteiger partial charge in [-0.1, -0.05) is 13.5 Å². The lowest BCUT2D eigenvalue weighted by Gasteiger charge is -2.14. The van der Waals surface area contributed by atoms with Crippen molar-refractivity contribution < 1.29 is 19.0 Å². The van der Waals surface area contributed by atoms with Crippen molar-refractivity contribution in [2.24, 2.45) is 0 Å². The molecule has 0 aliphatic rings. The summed E-state index contributed by atoms with van der Waals surface area (Å²) in [5.74, 6) is 0.725. The molecule has 0 atom stereocenters. The van der Waals surface area contributed by atoms with Gasteiger partial charge < -0.3 is 14.2 Å². The van der Waals surface area contributed by atoms with Crippen LogP contribution in [0.4, 0.5) is 0 Å². The summed E-state index contributed by atoms with van der Waals surface area (Å²) in [5.41, 5.74) is 1.36. The zero-order valence-electron chi connectivity index (χ0n) is 11.2. The number of hydrogen-bond acceptors (Lipinski definition) is 4. The Kier molecular flexibility index (Phi) is 4.77. The first-order chi connectivity index (χ1) is 8.53. The maximum absolute atomic E-state index is 11.6. The first kappa shape index (κ1) is 14.1. The first-order valence-corrected chi connectivity index (χ1v) is 5.66. The van der Waals surface area contributed by atoms with Gasteiger partial charge in [0, 0.05) is 5.57 Å². The number of hydrogen-bond donors (Lipinski definition) is 0. The first-order valence-electron chi connectivity index (χ1n) is 5.66. The number of carbonyl (C=O) groups is 1. The van der Waals surface area contributed by atoms with E-state index in [2.05, 4.69) is 6.58 Å². The third kappa shape index (κ3) is 3.03. The van der Waals surface area contributed by atoms with Gasteiger partial charge in [0.2, 0.25) is 5.75 Å². The summed E-state index contributed by atoms with van der Waals surface area (Å²) in [4.78, 5) is 11.6. The topological polar surface area (TPSA) is 44.8 Å². The molecule has 0 saturated carbocycles. The Labute approximate surface area is 107 Å². The smallest absolute Gasteiger partial charge is 0.338 e. The molecule has 0 bridgehead atoms. The highest BCUT2D eigenvalue weighted by atomic mass is 16.6. The van der Waals surface area contributed by atoms with Crippen LogP contribution in [0.25, 0.3) is 0 Å². The second-order valence-corrected chi connectivity index (χ2v) is 3.85. The number of esters is 1. The van der Waals surface area contributed by atoms with Gasteiger partial charge in [-0.05, 0) is 31.0 Å². The number of carbonyl (C=O) groups excluding carboxylic acids is 1. The summed E-state index contributed by atoms with van der Waals surface area (Å²) in [7, 11) is 3.04. The molecular weight excluding hydrogens is 232 g/mol. The molecule has 0 heterocycles. The predicted molar refractivity (Wildman–Crippen MR) is 69.4 cm³/mol. The summed E-state index contributed by atoms with van der Waals surface area (Å²) >= 11 is 0. The maximum Gasteiger partial charge on any atom is 0.338 e. The van der Waals surface area contributed by atoms with E-state index in [1.54, 1.807) is 6.92 Å². The van der Waals surface area contributed by atoms with Crippen molar-refractivity contribution in [1.29, 1.82) is 0 Å². The van der Waals surface area contributed by atoms with E-state index >= 15 is 0 Å². The second kappa shape index (κ2) is 6.10. The standard InChI is InChI=1S/C14H18O4/c1-6-10-7-11(16-4)13(12(8-10)17-5)18-14(15)9(2)3/h7-8H,2,6H2,1,3-5H3. The van der Waals surface area contributed by atoms with E-state index in [4.69, 9.17) is 14.2 Å². The van der Waals surface area contributed by atoms with Crippen molar-refractivity contribution in [3.05, 3.63) is 29.8 Å². The van der Waals surface area contributed by atoms with Gasteiger partial charge in [0.05, 0.1) is 14.2 Å². The molecule has 1 rings (SSSR count). The Morgan fingerprint density at radius 2 is 1.72 bits per heavy atom. The van der Waals surface area contributed by atoms with Crippen molar-refractivity contribution in [3.8, 4) is 17.2 Å². The van der Waals surface area contributed by atoms with Gasteiger partial charge in [-0.2, -0.15) is 0 Å². The van der Waals surface area contributed by atoms with E-state index in [1.807, 2.05) is 19.1 Å². The fraction of sp³-hybridized carbons (Fsp3) is 0.357. The molecule has 18 heavy (non-hydrogen) atoms. The zero-order chi connectivity index (χ0) is 13.7. The number of ether oxygens (including phenoxy) is 3. The summed E-state index contributed by atoms with van der Waals surface area (Å²) in [6, 6.07) is 3.65. The van der Waals surface area contributed by atoms with Crippen molar-refractivity contribution in [2.45, 2.75) is 20.3 Å². The molecule has 1 aromatic carbocycles. The summed E-state index contributed by atoms with van der Waals surface area (Å²) in [6.45, 7) is 7.15. The normalized spacial score (nSPS) is 9.78. The van der Waals surface area contributed by atoms with Crippen LogP contribution >= 0.6 is 0 Å². The van der Waals surface area contributed by atoms with Crippen LogP contribution in [0.1, 0.15) is 19.4 Å². The van der Waals surface area contributed by atoms with E-state index < -0.39 is 5.97 Å². The molecule has 0 fully saturated rings. The predicted octanol–water partition coefficient (Wildman–Crippen LogP) is 2.75. The molecule has 0 spiro atoms. The average Bonchev–Trinajstić information content (AvgIpc) is 2.38. The van der Waals surface area contributed by atoms with Crippen LogP contribution in [0.15, 0.2) is 24.3 Å². The van der Waals surface area contributed by atoms with Gasteiger partial charge in [-0.25, -0.2) is 4.79 Å². The minimum atomic E-state index is -0.504. The quantitative estimate of drug-likeness (QED) is 0.458. The van der Waals surface area contributed by atoms with Crippen LogP contribution in [0.2, 0.25) is 0 Å². The van der Waals surface area contributed by atoms with Crippen molar-refractivity contribution >= 4 is 5.97 Å². The largest absolute Gasteiger partial charge is 0.493 e. The van der Waals surface area contributed by atoms with Crippen molar-refractivity contribution in [1.82, 2.24) is 0 Å². The molecule has 4 nitrogen and oxygen atoms in total. The summed E-state index contributed by atoms with van der Waals surface area (Å²) in [5, 5.41) is 0. The van der Waals surface area contributed by atoms with Gasteiger partial charge in [0.1, 0.15) is 0 Å². The molecular formula is C14H18O4. The van der Waals surface area contributed by atoms with Crippen molar-refractivity contribution in [3.63, 3.8) is 0 Å². The number of rotatable bonds is 5. The highest BCUT2D eigenvalue weighted by molar-refractivity contribution is 5.89. The average molecular weight is 250 g/mol. The molecule has 0 aromatic heterocycles. The third-order valence-electron chi connectivity index (χ3n) is 2.47. The number of benzene rings is 1. The Morgan fingerprint density at radius 3 is 2.06 bits per heavy atom. The van der Waals surface area contributed by atoms with E-state index in [-0.39, 0.29) is 5.75 Å². The molecule has 0 radical (unpaired) electrons. The maximum atomic E-state index is 11.6. The fourth-order valence-electron chi connectivity index (χ4n) is 1.42. The lowest BCUT2D eigenvalue weighted by atomic mass is 10.1. The molecule has 0 N–H and O–H groups in total. The highest BCUT2D eigenvalue weighted by Gasteiger charge is 2.17. The lowest BCUT2D eigenvalue weighted by molar-refractivity contribution is -0.130. The monoisotopic (exact) mass is 250 g/mol. The van der Waals surface area contributed by atoms with E-state index in [0.29, 0.717) is 17.1 Å². The van der Waals surface area contributed by atoms with Gasteiger partial charge in [0.25, 0.3) is 0 Å². The second-order valence-electron chi connectivity index (χ2n) is 3.85. The fourth-order valence-corrected chi connectivity index (χ4v) is 1.42. The van der Waals surface area contributed by atoms with E-state index in [1.165, 1.54) is 14.2 Å². The Morgan fingerprint density at radius 1 is 1.22 bits per heavy atom. The molecule has 1 aromatic rings. The Bertz CT molecular complexity index is 438. The van der Waals surface area contributed by atoms with Crippen molar-refractivity contribution in [2.75, 3.05) is 14.2 Å². The van der Waals surface area contributed by atoms with E-state index in [0.717, 1.165) is 12.0 Å². The molecule has 0 aliphatic heterocycles. The Balaban J connectivity index is 3.22. The van der Waals surface area contributed by atoms with Crippen LogP contribution in [0.5, 0.6) is 17.2 Å². The Hall–Kier alpha value is -1.97. The van der Waals surface area contributed by atoms with Crippen LogP contribution in [0, 0.1) is 0 Å². The SMILES string of the molecule is C=C(C)C(=O)Oc1c(OC)cc(CC)cc1OC. The third-order valence-corrected chi connectivity index (χ3v) is 2.47. The van der Waals surface area contributed by atoms with Crippen LogP contribution in [-0.2, 0) is 11.2 Å². The molecule has 4 heteroatoms. The van der Waals surface area contributed by atoms with Crippen LogP contribution < -0.4 is 14.2 Å². The van der Waals surface area contributed by atoms with Gasteiger partial charge in [0.15, 0.2) is 11.5 Å². The highest BCUT2D eigenvalue weighted by Crippen LogP contribution is 2.39. The van der Waals surface area contributed by atoms with Gasteiger partial charge in [-0.15, -0.1) is 0 Å². The van der Waals surface area contributed by atoms with Gasteiger partial charge in [-0.3, -0.25) is 0 Å². The molecule has 0 aliphatic carbocycles. The zero-order valence-corrected chi connectivity index (χ0v) is 11.2. The molecule has 98 valence electrons. The molecule has 0 amide bonds. The van der Waals surface area contributed by atoms with Crippen LogP contribution in [0.3, 0.4) is 0 Å². The molecule has 0 saturated heterocycles. The molecule has 0 unspecified atom stereocenters. The lowest BCUT2D eigenvalue weighted by Crippen LogP contribution is -2.10. The number of aryl methyl sites for hydroxylation is 1. The minimum Gasteiger partial charge on any atom is -0.493 e. The van der Waals surface area contributed by atoms with Crippen LogP contribution in [-0.4, -0.2) is 20.2 Å². The van der Waals surface area contributed by atoms with Gasteiger partial charge >= 0.3 is 5.97 Å². The van der Waals surface area contributed by atoms with E-state index in [9.17, 15) is 4.79 Å². The minimum absolute atomic E-state index is 0.283. The number of methoxy groups -OCH3 is 2. The summed E-state index contributed by atoms with van der Waals surface area (Å²) in [6.07, 6.45) is 0.835. The summed E-state index contributed by atoms with van der Waals surface area (Å²) < 4.78 is 15.7.